The van der Waals surface area contributed by atoms with Crippen LogP contribution in [-0.2, 0) is 9.53 Å². The van der Waals surface area contributed by atoms with Gasteiger partial charge in [-0.2, -0.15) is 0 Å². The molecule has 1 N–H and O–H groups in total. The van der Waals surface area contributed by atoms with E-state index in [9.17, 15) is 9.59 Å². The second-order valence-electron chi connectivity index (χ2n) is 6.02. The minimum Gasteiger partial charge on any atom is -0.365 e. The van der Waals surface area contributed by atoms with Crippen molar-refractivity contribution in [2.75, 3.05) is 26.2 Å². The molecular weight excluding hydrogens is 282 g/mol. The van der Waals surface area contributed by atoms with Gasteiger partial charge in [-0.1, -0.05) is 13.8 Å². The number of aromatic nitrogens is 1. The summed E-state index contributed by atoms with van der Waals surface area (Å²) in [6.45, 7) is 7.72. The van der Waals surface area contributed by atoms with Gasteiger partial charge in [0.25, 0.3) is 5.91 Å². The topological polar surface area (TPSA) is 71.5 Å². The Hall–Kier alpha value is -1.95. The van der Waals surface area contributed by atoms with Gasteiger partial charge in [0.2, 0.25) is 5.91 Å². The van der Waals surface area contributed by atoms with Crippen LogP contribution >= 0.6 is 0 Å². The van der Waals surface area contributed by atoms with Gasteiger partial charge in [-0.05, 0) is 25.0 Å². The largest absolute Gasteiger partial charge is 0.365 e. The predicted octanol–water partition coefficient (Wildman–Crippen LogP) is 1.00. The number of carbonyl (C=O) groups excluding carboxylic acids is 2. The van der Waals surface area contributed by atoms with Crippen LogP contribution in [0.3, 0.4) is 0 Å². The molecule has 0 aromatic carbocycles. The highest BCUT2D eigenvalue weighted by Crippen LogP contribution is 2.09. The first-order valence-corrected chi connectivity index (χ1v) is 7.56. The smallest absolute Gasteiger partial charge is 0.252 e. The number of hydrogen-bond acceptors (Lipinski definition) is 4. The van der Waals surface area contributed by atoms with Crippen molar-refractivity contribution in [1.82, 2.24) is 15.2 Å². The third-order valence-electron chi connectivity index (χ3n) is 3.47. The Kier molecular flexibility index (Phi) is 5.49. The fourth-order valence-electron chi connectivity index (χ4n) is 2.33. The normalized spacial score (nSPS) is 18.6. The summed E-state index contributed by atoms with van der Waals surface area (Å²) in [6, 6.07) is 3.54. The molecule has 0 aliphatic carbocycles. The molecule has 1 saturated heterocycles. The van der Waals surface area contributed by atoms with E-state index in [2.05, 4.69) is 24.1 Å². The Morgan fingerprint density at radius 1 is 1.50 bits per heavy atom. The first-order valence-electron chi connectivity index (χ1n) is 7.56. The minimum atomic E-state index is -0.177. The molecule has 0 bridgehead atoms. The van der Waals surface area contributed by atoms with Crippen LogP contribution in [0.4, 0.5) is 0 Å². The van der Waals surface area contributed by atoms with Crippen molar-refractivity contribution < 1.29 is 14.3 Å². The summed E-state index contributed by atoms with van der Waals surface area (Å²) in [5, 5.41) is 2.83. The van der Waals surface area contributed by atoms with Crippen molar-refractivity contribution in [3.63, 3.8) is 0 Å². The van der Waals surface area contributed by atoms with E-state index in [0.29, 0.717) is 31.1 Å². The molecule has 6 nitrogen and oxygen atoms in total. The molecule has 6 heteroatoms. The molecule has 2 heterocycles. The van der Waals surface area contributed by atoms with Gasteiger partial charge in [0.05, 0.1) is 11.7 Å². The third kappa shape index (κ3) is 4.53. The number of hydrogen-bond donors (Lipinski definition) is 1. The molecule has 0 radical (unpaired) electrons. The lowest BCUT2D eigenvalue weighted by Gasteiger charge is -2.33. The van der Waals surface area contributed by atoms with Crippen molar-refractivity contribution in [3.8, 4) is 0 Å². The zero-order valence-corrected chi connectivity index (χ0v) is 13.3. The van der Waals surface area contributed by atoms with Crippen molar-refractivity contribution in [2.45, 2.75) is 26.9 Å². The number of aryl methyl sites for hydroxylation is 1. The summed E-state index contributed by atoms with van der Waals surface area (Å²) in [5.74, 6) is 0.248. The molecule has 0 spiro atoms. The summed E-state index contributed by atoms with van der Waals surface area (Å²) in [5.41, 5.74) is 1.39. The van der Waals surface area contributed by atoms with Crippen LogP contribution in [0.2, 0.25) is 0 Å². The average molecular weight is 305 g/mol. The van der Waals surface area contributed by atoms with Gasteiger partial charge in [0.15, 0.2) is 0 Å². The molecule has 2 amide bonds. The van der Waals surface area contributed by atoms with E-state index in [-0.39, 0.29) is 24.5 Å². The zero-order valence-electron chi connectivity index (χ0n) is 13.3. The Balaban J connectivity index is 1.84. The second kappa shape index (κ2) is 7.35. The molecule has 1 aliphatic heterocycles. The van der Waals surface area contributed by atoms with Crippen LogP contribution in [0.15, 0.2) is 18.3 Å². The Bertz CT molecular complexity index is 528. The number of nitrogens with one attached hydrogen (secondary N) is 1. The van der Waals surface area contributed by atoms with Crippen LogP contribution in [0.5, 0.6) is 0 Å². The highest BCUT2D eigenvalue weighted by atomic mass is 16.5. The van der Waals surface area contributed by atoms with Crippen LogP contribution in [0.25, 0.3) is 0 Å². The molecule has 1 aromatic rings. The van der Waals surface area contributed by atoms with Crippen molar-refractivity contribution >= 4 is 11.8 Å². The Morgan fingerprint density at radius 3 is 2.91 bits per heavy atom. The average Bonchev–Trinajstić information content (AvgIpc) is 2.48. The molecule has 22 heavy (non-hydrogen) atoms. The summed E-state index contributed by atoms with van der Waals surface area (Å²) >= 11 is 0. The maximum atomic E-state index is 12.0. The quantitative estimate of drug-likeness (QED) is 0.881. The van der Waals surface area contributed by atoms with E-state index < -0.39 is 0 Å². The van der Waals surface area contributed by atoms with Gasteiger partial charge in [0.1, 0.15) is 6.61 Å². The summed E-state index contributed by atoms with van der Waals surface area (Å²) in [4.78, 5) is 29.7. The third-order valence-corrected chi connectivity index (χ3v) is 3.47. The van der Waals surface area contributed by atoms with Crippen LogP contribution in [0, 0.1) is 12.8 Å². The number of rotatable bonds is 5. The van der Waals surface area contributed by atoms with Gasteiger partial charge in [-0.15, -0.1) is 0 Å². The summed E-state index contributed by atoms with van der Waals surface area (Å²) in [6.07, 6.45) is 1.39. The van der Waals surface area contributed by atoms with Gasteiger partial charge < -0.3 is 15.0 Å². The molecule has 0 saturated carbocycles. The number of carbonyl (C=O) groups is 2. The van der Waals surface area contributed by atoms with Gasteiger partial charge in [-0.25, -0.2) is 0 Å². The highest BCUT2D eigenvalue weighted by Gasteiger charge is 2.26. The lowest BCUT2D eigenvalue weighted by molar-refractivity contribution is -0.149. The fraction of sp³-hybridized carbons (Fsp3) is 0.562. The number of ether oxygens (including phenoxy) is 1. The van der Waals surface area contributed by atoms with Gasteiger partial charge >= 0.3 is 0 Å². The minimum absolute atomic E-state index is 0.0130. The van der Waals surface area contributed by atoms with Crippen LogP contribution in [0.1, 0.15) is 29.9 Å². The zero-order chi connectivity index (χ0) is 16.1. The highest BCUT2D eigenvalue weighted by molar-refractivity contribution is 5.93. The Labute approximate surface area is 130 Å². The predicted molar refractivity (Wildman–Crippen MR) is 82.5 cm³/mol. The number of morpholine rings is 1. The SMILES string of the molecule is Cc1ccc(C(=O)NCC2CN(CC(C)C)C(=O)CO2)cn1. The first kappa shape index (κ1) is 16.4. The van der Waals surface area contributed by atoms with E-state index in [4.69, 9.17) is 4.74 Å². The monoisotopic (exact) mass is 305 g/mol. The van der Waals surface area contributed by atoms with Crippen molar-refractivity contribution in [1.29, 1.82) is 0 Å². The van der Waals surface area contributed by atoms with E-state index in [0.717, 1.165) is 5.69 Å². The maximum absolute atomic E-state index is 12.0. The molecule has 1 aliphatic rings. The van der Waals surface area contributed by atoms with Crippen molar-refractivity contribution in [3.05, 3.63) is 29.6 Å². The van der Waals surface area contributed by atoms with Gasteiger partial charge in [-0.3, -0.25) is 14.6 Å². The lowest BCUT2D eigenvalue weighted by Crippen LogP contribution is -2.51. The maximum Gasteiger partial charge on any atom is 0.252 e. The second-order valence-corrected chi connectivity index (χ2v) is 6.02. The first-order chi connectivity index (χ1) is 10.5. The lowest BCUT2D eigenvalue weighted by atomic mass is 10.1. The Morgan fingerprint density at radius 2 is 2.27 bits per heavy atom. The molecule has 1 fully saturated rings. The van der Waals surface area contributed by atoms with Gasteiger partial charge in [0, 0.05) is 31.5 Å². The molecular formula is C16H23N3O3. The molecule has 1 atom stereocenters. The van der Waals surface area contributed by atoms with Crippen molar-refractivity contribution in [2.24, 2.45) is 5.92 Å². The fourth-order valence-corrected chi connectivity index (χ4v) is 2.33. The van der Waals surface area contributed by atoms with Crippen LogP contribution < -0.4 is 5.32 Å². The number of nitrogens with zero attached hydrogens (tertiary/aromatic N) is 2. The number of pyridine rings is 1. The molecule has 2 rings (SSSR count). The molecule has 1 aromatic heterocycles. The van der Waals surface area contributed by atoms with Crippen LogP contribution in [-0.4, -0.2) is 54.0 Å². The standard InChI is InChI=1S/C16H23N3O3/c1-11(2)8-19-9-14(22-10-15(19)20)7-18-16(21)13-5-4-12(3)17-6-13/h4-6,11,14H,7-10H2,1-3H3,(H,18,21). The summed E-state index contributed by atoms with van der Waals surface area (Å²) < 4.78 is 5.49. The van der Waals surface area contributed by atoms with E-state index in [1.54, 1.807) is 23.2 Å². The van der Waals surface area contributed by atoms with E-state index >= 15 is 0 Å². The molecule has 120 valence electrons. The van der Waals surface area contributed by atoms with E-state index in [1.165, 1.54) is 0 Å². The summed E-state index contributed by atoms with van der Waals surface area (Å²) in [7, 11) is 0. The van der Waals surface area contributed by atoms with E-state index in [1.807, 2.05) is 6.92 Å². The number of amides is 2. The molecule has 1 unspecified atom stereocenters.